The fraction of sp³-hybridized carbons (Fsp3) is 0.300. The maximum Gasteiger partial charge on any atom is 0.318 e. The Morgan fingerprint density at radius 2 is 1.88 bits per heavy atom. The zero-order chi connectivity index (χ0) is 24.8. The van der Waals surface area contributed by atoms with Gasteiger partial charge in [-0.05, 0) is 46.5 Å². The molecule has 1 atom stereocenters. The highest BCUT2D eigenvalue weighted by molar-refractivity contribution is 14.1. The summed E-state index contributed by atoms with van der Waals surface area (Å²) in [5.41, 5.74) is -0.285. The van der Waals surface area contributed by atoms with Crippen molar-refractivity contribution in [1.29, 1.82) is 10.8 Å². The second kappa shape index (κ2) is 11.2. The molecular weight excluding hydrogens is 566 g/mol. The van der Waals surface area contributed by atoms with E-state index < -0.39 is 29.5 Å². The summed E-state index contributed by atoms with van der Waals surface area (Å²) in [5, 5.41) is 21.4. The Balaban J connectivity index is 1.66. The number of aromatic nitrogens is 2. The molecule has 3 rings (SSSR count). The fourth-order valence-electron chi connectivity index (χ4n) is 3.37. The highest BCUT2D eigenvalue weighted by atomic mass is 127. The molecule has 2 aromatic rings. The zero-order valence-corrected chi connectivity index (χ0v) is 19.9. The molecule has 0 saturated carbocycles. The lowest BCUT2D eigenvalue weighted by Crippen LogP contribution is -2.52. The lowest BCUT2D eigenvalue weighted by molar-refractivity contribution is 0.190. The van der Waals surface area contributed by atoms with E-state index in [1.54, 1.807) is 27.5 Å². The number of hydrazone groups is 1. The van der Waals surface area contributed by atoms with E-state index in [9.17, 15) is 18.0 Å². The van der Waals surface area contributed by atoms with E-state index in [1.807, 2.05) is 0 Å². The minimum absolute atomic E-state index is 0.0671. The van der Waals surface area contributed by atoms with Gasteiger partial charge in [0.15, 0.2) is 5.82 Å². The van der Waals surface area contributed by atoms with Gasteiger partial charge in [-0.25, -0.2) is 27.9 Å². The molecule has 34 heavy (non-hydrogen) atoms. The first-order chi connectivity index (χ1) is 16.2. The summed E-state index contributed by atoms with van der Waals surface area (Å²) in [7, 11) is 0. The second-order valence-corrected chi connectivity index (χ2v) is 8.30. The van der Waals surface area contributed by atoms with Crippen molar-refractivity contribution >= 4 is 50.2 Å². The van der Waals surface area contributed by atoms with E-state index in [0.717, 1.165) is 30.6 Å². The minimum Gasteiger partial charge on any atom is -0.337 e. The maximum absolute atomic E-state index is 14.1. The highest BCUT2D eigenvalue weighted by Crippen LogP contribution is 2.20. The lowest BCUT2D eigenvalue weighted by atomic mass is 10.0. The third-order valence-electron chi connectivity index (χ3n) is 5.08. The topological polar surface area (TPSA) is 147 Å². The molecule has 0 aliphatic carbocycles. The number of hydrogen-bond acceptors (Lipinski definition) is 8. The SMILES string of the molecule is N=CC[C@H](NC(=O)N1CCN(c2ncc(F)c(C(=N)/C(I)=N\N)n2)CC1)c1cc(F)cc(F)c1. The third-order valence-corrected chi connectivity index (χ3v) is 5.89. The van der Waals surface area contributed by atoms with E-state index in [-0.39, 0.29) is 46.1 Å². The molecular formula is C20H21F3IN9O. The van der Waals surface area contributed by atoms with Crippen molar-refractivity contribution in [1.82, 2.24) is 20.2 Å². The van der Waals surface area contributed by atoms with E-state index in [4.69, 9.17) is 16.7 Å². The number of nitrogens with zero attached hydrogens (tertiary/aromatic N) is 5. The van der Waals surface area contributed by atoms with Crippen LogP contribution >= 0.6 is 22.6 Å². The zero-order valence-electron chi connectivity index (χ0n) is 17.7. The first-order valence-corrected chi connectivity index (χ1v) is 11.1. The molecule has 14 heteroatoms. The van der Waals surface area contributed by atoms with Crippen LogP contribution in [0.4, 0.5) is 23.9 Å². The van der Waals surface area contributed by atoms with Crippen LogP contribution in [0.2, 0.25) is 0 Å². The van der Waals surface area contributed by atoms with Crippen LogP contribution in [0.1, 0.15) is 23.7 Å². The van der Waals surface area contributed by atoms with Crippen molar-refractivity contribution in [3.63, 3.8) is 0 Å². The largest absolute Gasteiger partial charge is 0.337 e. The molecule has 5 N–H and O–H groups in total. The van der Waals surface area contributed by atoms with Gasteiger partial charge in [0.25, 0.3) is 0 Å². The minimum atomic E-state index is -0.782. The van der Waals surface area contributed by atoms with Gasteiger partial charge in [-0.15, -0.1) is 0 Å². The van der Waals surface area contributed by atoms with Crippen LogP contribution in [-0.2, 0) is 0 Å². The van der Waals surface area contributed by atoms with Crippen LogP contribution in [0.3, 0.4) is 0 Å². The maximum atomic E-state index is 14.1. The van der Waals surface area contributed by atoms with Gasteiger partial charge in [0.1, 0.15) is 26.8 Å². The van der Waals surface area contributed by atoms with Gasteiger partial charge in [0, 0.05) is 38.7 Å². The molecule has 10 nitrogen and oxygen atoms in total. The van der Waals surface area contributed by atoms with E-state index >= 15 is 0 Å². The number of amides is 2. The average Bonchev–Trinajstić information content (AvgIpc) is 2.82. The Kier molecular flexibility index (Phi) is 8.36. The number of rotatable bonds is 7. The Labute approximate surface area is 206 Å². The fourth-order valence-corrected chi connectivity index (χ4v) is 3.63. The van der Waals surface area contributed by atoms with Crippen molar-refractivity contribution in [2.45, 2.75) is 12.5 Å². The number of piperazine rings is 1. The molecule has 180 valence electrons. The van der Waals surface area contributed by atoms with Crippen molar-refractivity contribution < 1.29 is 18.0 Å². The number of benzene rings is 1. The quantitative estimate of drug-likeness (QED) is 0.170. The first-order valence-electron chi connectivity index (χ1n) is 10.0. The van der Waals surface area contributed by atoms with Gasteiger partial charge >= 0.3 is 6.03 Å². The van der Waals surface area contributed by atoms with Gasteiger partial charge in [0.05, 0.1) is 12.2 Å². The van der Waals surface area contributed by atoms with Crippen LogP contribution in [0, 0.1) is 28.3 Å². The van der Waals surface area contributed by atoms with Crippen LogP contribution in [0.25, 0.3) is 0 Å². The summed E-state index contributed by atoms with van der Waals surface area (Å²) in [6, 6.07) is 1.75. The molecule has 1 aromatic carbocycles. The summed E-state index contributed by atoms with van der Waals surface area (Å²) in [6.45, 7) is 1.21. The number of anilines is 1. The molecule has 1 fully saturated rings. The monoisotopic (exact) mass is 587 g/mol. The molecule has 0 radical (unpaired) electrons. The summed E-state index contributed by atoms with van der Waals surface area (Å²) >= 11 is 1.70. The standard InChI is InChI=1S/C20H21F3IN9O/c21-12-7-11(8-13(22)9-12)15(1-2-25)29-20(34)33-5-3-32(4-6-33)19-28-10-14(23)17(30-19)16(26)18(24)31-27/h2,7-10,15,25-26H,1,3-6,27H2,(H,29,34)/b25-2?,26-16?,31-18+/t15-/m0/s1. The van der Waals surface area contributed by atoms with Gasteiger partial charge in [0.2, 0.25) is 5.95 Å². The summed E-state index contributed by atoms with van der Waals surface area (Å²) in [5.74, 6) is 3.03. The Morgan fingerprint density at radius 1 is 1.24 bits per heavy atom. The van der Waals surface area contributed by atoms with E-state index in [1.165, 1.54) is 4.90 Å². The molecule has 0 spiro atoms. The van der Waals surface area contributed by atoms with Gasteiger partial charge < -0.3 is 26.4 Å². The Bertz CT molecular complexity index is 1100. The van der Waals surface area contributed by atoms with Crippen LogP contribution < -0.4 is 16.1 Å². The van der Waals surface area contributed by atoms with Crippen molar-refractivity contribution in [3.8, 4) is 0 Å². The normalized spacial score (nSPS) is 15.1. The third kappa shape index (κ3) is 5.98. The molecule has 1 aliphatic rings. The number of urea groups is 1. The van der Waals surface area contributed by atoms with Crippen molar-refractivity contribution in [2.75, 3.05) is 31.1 Å². The number of nitrogens with one attached hydrogen (secondary N) is 3. The summed E-state index contributed by atoms with van der Waals surface area (Å²) < 4.78 is 41.4. The van der Waals surface area contributed by atoms with Crippen LogP contribution in [0.15, 0.2) is 29.5 Å². The number of carbonyl (C=O) groups excluding carboxylic acids is 1. The number of carbonyl (C=O) groups is 1. The molecule has 2 amide bonds. The van der Waals surface area contributed by atoms with Gasteiger partial charge in [-0.1, -0.05) is 0 Å². The molecule has 1 aliphatic heterocycles. The second-order valence-electron chi connectivity index (χ2n) is 7.28. The van der Waals surface area contributed by atoms with Gasteiger partial charge in [-0.3, -0.25) is 5.41 Å². The summed E-state index contributed by atoms with van der Waals surface area (Å²) in [4.78, 5) is 24.1. The van der Waals surface area contributed by atoms with Crippen LogP contribution in [-0.4, -0.2) is 62.7 Å². The van der Waals surface area contributed by atoms with Crippen LogP contribution in [0.5, 0.6) is 0 Å². The van der Waals surface area contributed by atoms with Crippen molar-refractivity contribution in [3.05, 3.63) is 53.1 Å². The first kappa shape index (κ1) is 25.3. The van der Waals surface area contributed by atoms with Crippen molar-refractivity contribution in [2.24, 2.45) is 10.9 Å². The molecule has 2 heterocycles. The predicted octanol–water partition coefficient (Wildman–Crippen LogP) is 2.58. The predicted molar refractivity (Wildman–Crippen MR) is 129 cm³/mol. The smallest absolute Gasteiger partial charge is 0.318 e. The van der Waals surface area contributed by atoms with E-state index in [0.29, 0.717) is 13.1 Å². The summed E-state index contributed by atoms with van der Waals surface area (Å²) in [6.07, 6.45) is 2.09. The lowest BCUT2D eigenvalue weighted by Gasteiger charge is -2.35. The van der Waals surface area contributed by atoms with E-state index in [2.05, 4.69) is 20.4 Å². The Morgan fingerprint density at radius 3 is 2.47 bits per heavy atom. The molecule has 0 unspecified atom stereocenters. The average molecular weight is 587 g/mol. The molecule has 0 bridgehead atoms. The van der Waals surface area contributed by atoms with Gasteiger partial charge in [-0.2, -0.15) is 5.10 Å². The number of nitrogens with two attached hydrogens (primary N) is 1. The molecule has 1 saturated heterocycles. The number of hydrogen-bond donors (Lipinski definition) is 4. The highest BCUT2D eigenvalue weighted by Gasteiger charge is 2.26. The Hall–Kier alpha value is -3.30. The molecule has 1 aromatic heterocycles. The number of halogens is 4.